The van der Waals surface area contributed by atoms with E-state index in [0.29, 0.717) is 18.7 Å². The first-order chi connectivity index (χ1) is 19.1. The van der Waals surface area contributed by atoms with Crippen molar-refractivity contribution in [3.8, 4) is 0 Å². The average molecular weight is 564 g/mol. The van der Waals surface area contributed by atoms with Crippen LogP contribution < -0.4 is 9.62 Å². The Morgan fingerprint density at radius 2 is 1.45 bits per heavy atom. The van der Waals surface area contributed by atoms with Crippen LogP contribution in [0.1, 0.15) is 50.8 Å². The van der Waals surface area contributed by atoms with Crippen LogP contribution in [-0.4, -0.2) is 44.3 Å². The number of amides is 2. The largest absolute Gasteiger partial charge is 0.354 e. The van der Waals surface area contributed by atoms with Gasteiger partial charge in [0.2, 0.25) is 11.8 Å². The van der Waals surface area contributed by atoms with Gasteiger partial charge in [0.15, 0.2) is 0 Å². The molecule has 1 N–H and O–H groups in total. The molecule has 3 aromatic rings. The molecule has 0 aromatic heterocycles. The van der Waals surface area contributed by atoms with Crippen LogP contribution in [0.25, 0.3) is 0 Å². The van der Waals surface area contributed by atoms with Crippen molar-refractivity contribution < 1.29 is 18.0 Å². The standard InChI is InChI=1S/C32H41N3O4S/c1-6-26-17-19-28(20-18-26)35(40(38,39)29-11-9-8-10-12-29)23-31(36)34(22-27-15-13-25(5)14-16-27)30(7-2)32(37)33-21-24(3)4/h8-20,24,30H,6-7,21-23H2,1-5H3,(H,33,37). The van der Waals surface area contributed by atoms with Crippen LogP contribution >= 0.6 is 0 Å². The minimum atomic E-state index is -4.07. The Kier molecular flexibility index (Phi) is 10.9. The number of nitrogens with zero attached hydrogens (tertiary/aromatic N) is 2. The summed E-state index contributed by atoms with van der Waals surface area (Å²) in [7, 11) is -4.07. The first-order valence-electron chi connectivity index (χ1n) is 13.9. The van der Waals surface area contributed by atoms with Crippen LogP contribution in [0.3, 0.4) is 0 Å². The Bertz CT molecular complexity index is 1360. The predicted octanol–water partition coefficient (Wildman–Crippen LogP) is 5.33. The zero-order valence-corrected chi connectivity index (χ0v) is 24.9. The number of nitrogens with one attached hydrogen (secondary N) is 1. The van der Waals surface area contributed by atoms with Gasteiger partial charge in [-0.3, -0.25) is 13.9 Å². The maximum Gasteiger partial charge on any atom is 0.264 e. The SMILES string of the molecule is CCc1ccc(N(CC(=O)N(Cc2ccc(C)cc2)C(CC)C(=O)NCC(C)C)S(=O)(=O)c2ccccc2)cc1. The van der Waals surface area contributed by atoms with Crippen LogP contribution in [0.15, 0.2) is 83.8 Å². The molecule has 0 bridgehead atoms. The van der Waals surface area contributed by atoms with Gasteiger partial charge in [-0.1, -0.05) is 87.9 Å². The summed E-state index contributed by atoms with van der Waals surface area (Å²) in [4.78, 5) is 29.0. The number of anilines is 1. The first-order valence-corrected chi connectivity index (χ1v) is 15.3. The quantitative estimate of drug-likeness (QED) is 0.305. The fourth-order valence-electron chi connectivity index (χ4n) is 4.38. The van der Waals surface area contributed by atoms with Gasteiger partial charge in [-0.05, 0) is 61.1 Å². The van der Waals surface area contributed by atoms with E-state index >= 15 is 0 Å². The van der Waals surface area contributed by atoms with Crippen LogP contribution in [0, 0.1) is 12.8 Å². The Hall–Kier alpha value is -3.65. The number of hydrogen-bond donors (Lipinski definition) is 1. The predicted molar refractivity (Wildman–Crippen MR) is 160 cm³/mol. The number of carbonyl (C=O) groups excluding carboxylic acids is 2. The number of benzene rings is 3. The van der Waals surface area contributed by atoms with Crippen LogP contribution in [0.4, 0.5) is 5.69 Å². The lowest BCUT2D eigenvalue weighted by Gasteiger charge is -2.33. The molecule has 7 nitrogen and oxygen atoms in total. The van der Waals surface area contributed by atoms with Crippen molar-refractivity contribution >= 4 is 27.5 Å². The molecule has 214 valence electrons. The maximum absolute atomic E-state index is 14.1. The van der Waals surface area contributed by atoms with Crippen molar-refractivity contribution in [3.63, 3.8) is 0 Å². The van der Waals surface area contributed by atoms with Crippen LogP contribution in [-0.2, 0) is 32.6 Å². The number of sulfonamides is 1. The van der Waals surface area contributed by atoms with Crippen molar-refractivity contribution in [1.29, 1.82) is 0 Å². The van der Waals surface area contributed by atoms with E-state index in [4.69, 9.17) is 0 Å². The van der Waals surface area contributed by atoms with Gasteiger partial charge < -0.3 is 10.2 Å². The highest BCUT2D eigenvalue weighted by molar-refractivity contribution is 7.92. The van der Waals surface area contributed by atoms with Gasteiger partial charge in [0.1, 0.15) is 12.6 Å². The zero-order valence-electron chi connectivity index (χ0n) is 24.1. The van der Waals surface area contributed by atoms with Gasteiger partial charge in [0, 0.05) is 13.1 Å². The van der Waals surface area contributed by atoms with Gasteiger partial charge >= 0.3 is 0 Å². The number of rotatable bonds is 13. The molecule has 0 spiro atoms. The van der Waals surface area contributed by atoms with E-state index in [-0.39, 0.29) is 23.3 Å². The molecule has 40 heavy (non-hydrogen) atoms. The lowest BCUT2D eigenvalue weighted by Crippen LogP contribution is -2.52. The van der Waals surface area contributed by atoms with Crippen LogP contribution in [0.2, 0.25) is 0 Å². The Morgan fingerprint density at radius 3 is 2.00 bits per heavy atom. The number of carbonyl (C=O) groups is 2. The first kappa shape index (κ1) is 30.9. The molecule has 0 aliphatic rings. The van der Waals surface area contributed by atoms with E-state index in [1.807, 2.05) is 71.0 Å². The van der Waals surface area contributed by atoms with E-state index in [1.54, 1.807) is 30.3 Å². The number of aryl methyl sites for hydroxylation is 2. The molecule has 1 unspecified atom stereocenters. The Labute approximate surface area is 239 Å². The molecular weight excluding hydrogens is 522 g/mol. The summed E-state index contributed by atoms with van der Waals surface area (Å²) in [5.74, 6) is -0.451. The molecule has 8 heteroatoms. The normalized spacial score (nSPS) is 12.2. The summed E-state index contributed by atoms with van der Waals surface area (Å²) < 4.78 is 28.9. The summed E-state index contributed by atoms with van der Waals surface area (Å²) in [6.07, 6.45) is 1.19. The highest BCUT2D eigenvalue weighted by atomic mass is 32.2. The van der Waals surface area contributed by atoms with Gasteiger partial charge in [-0.15, -0.1) is 0 Å². The Morgan fingerprint density at radius 1 is 0.850 bits per heavy atom. The summed E-state index contributed by atoms with van der Waals surface area (Å²) in [5, 5.41) is 2.95. The van der Waals surface area contributed by atoms with Gasteiger partial charge in [0.05, 0.1) is 10.6 Å². The van der Waals surface area contributed by atoms with Crippen molar-refractivity contribution in [3.05, 3.63) is 95.6 Å². The van der Waals surface area contributed by atoms with Gasteiger partial charge in [0.25, 0.3) is 10.0 Å². The molecule has 3 rings (SSSR count). The molecule has 0 radical (unpaired) electrons. The fraction of sp³-hybridized carbons (Fsp3) is 0.375. The van der Waals surface area contributed by atoms with Crippen LogP contribution in [0.5, 0.6) is 0 Å². The second kappa shape index (κ2) is 14.1. The summed E-state index contributed by atoms with van der Waals surface area (Å²) in [6.45, 7) is 10.1. The van der Waals surface area contributed by atoms with Crippen molar-refractivity contribution in [2.24, 2.45) is 5.92 Å². The fourth-order valence-corrected chi connectivity index (χ4v) is 5.81. The average Bonchev–Trinajstić information content (AvgIpc) is 2.96. The van der Waals surface area contributed by atoms with Gasteiger partial charge in [-0.25, -0.2) is 8.42 Å². The summed E-state index contributed by atoms with van der Waals surface area (Å²) in [6, 6.07) is 22.3. The highest BCUT2D eigenvalue weighted by Crippen LogP contribution is 2.25. The lowest BCUT2D eigenvalue weighted by molar-refractivity contribution is -0.140. The highest BCUT2D eigenvalue weighted by Gasteiger charge is 2.33. The van der Waals surface area contributed by atoms with E-state index in [0.717, 1.165) is 27.4 Å². The van der Waals surface area contributed by atoms with Crippen molar-refractivity contribution in [2.45, 2.75) is 64.9 Å². The van der Waals surface area contributed by atoms with E-state index < -0.39 is 28.5 Å². The second-order valence-electron chi connectivity index (χ2n) is 10.4. The summed E-state index contributed by atoms with van der Waals surface area (Å²) >= 11 is 0. The molecule has 0 aliphatic carbocycles. The summed E-state index contributed by atoms with van der Waals surface area (Å²) in [5.41, 5.74) is 3.39. The lowest BCUT2D eigenvalue weighted by atomic mass is 10.1. The number of hydrogen-bond acceptors (Lipinski definition) is 4. The topological polar surface area (TPSA) is 86.8 Å². The third kappa shape index (κ3) is 7.94. The monoisotopic (exact) mass is 563 g/mol. The minimum absolute atomic E-state index is 0.0918. The molecule has 3 aromatic carbocycles. The van der Waals surface area contributed by atoms with E-state index in [9.17, 15) is 18.0 Å². The zero-order chi connectivity index (χ0) is 29.3. The van der Waals surface area contributed by atoms with Gasteiger partial charge in [-0.2, -0.15) is 0 Å². The van der Waals surface area contributed by atoms with Crippen molar-refractivity contribution in [2.75, 3.05) is 17.4 Å². The molecule has 0 heterocycles. The maximum atomic E-state index is 14.1. The second-order valence-corrected chi connectivity index (χ2v) is 12.3. The molecule has 0 fully saturated rings. The van der Waals surface area contributed by atoms with E-state index in [1.165, 1.54) is 17.0 Å². The smallest absolute Gasteiger partial charge is 0.264 e. The third-order valence-electron chi connectivity index (χ3n) is 6.79. The molecule has 0 saturated heterocycles. The third-order valence-corrected chi connectivity index (χ3v) is 8.57. The van der Waals surface area contributed by atoms with Crippen molar-refractivity contribution in [1.82, 2.24) is 10.2 Å². The molecule has 0 aliphatic heterocycles. The Balaban J connectivity index is 2.03. The van der Waals surface area contributed by atoms with E-state index in [2.05, 4.69) is 5.32 Å². The molecule has 1 atom stereocenters. The molecular formula is C32H41N3O4S. The molecule has 0 saturated carbocycles. The minimum Gasteiger partial charge on any atom is -0.354 e. The molecule has 2 amide bonds.